The SMILES string of the molecule is CNCC1CCCC1CCc1ccsc1. The van der Waals surface area contributed by atoms with Crippen LogP contribution < -0.4 is 5.32 Å². The number of aryl methyl sites for hydroxylation is 1. The van der Waals surface area contributed by atoms with Gasteiger partial charge in [0, 0.05) is 0 Å². The molecule has 1 aromatic heterocycles. The Morgan fingerprint density at radius 3 is 3.00 bits per heavy atom. The Bertz CT molecular complexity index is 268. The second kappa shape index (κ2) is 5.66. The minimum absolute atomic E-state index is 0.939. The van der Waals surface area contributed by atoms with Crippen LogP contribution in [0, 0.1) is 11.8 Å². The van der Waals surface area contributed by atoms with E-state index in [1.165, 1.54) is 44.2 Å². The van der Waals surface area contributed by atoms with E-state index in [4.69, 9.17) is 0 Å². The van der Waals surface area contributed by atoms with Gasteiger partial charge in [-0.25, -0.2) is 0 Å². The van der Waals surface area contributed by atoms with Gasteiger partial charge in [0.2, 0.25) is 0 Å². The maximum absolute atomic E-state index is 3.33. The summed E-state index contributed by atoms with van der Waals surface area (Å²) >= 11 is 1.82. The zero-order valence-corrected chi connectivity index (χ0v) is 10.4. The van der Waals surface area contributed by atoms with Crippen molar-refractivity contribution in [1.29, 1.82) is 0 Å². The van der Waals surface area contributed by atoms with Gasteiger partial charge in [-0.2, -0.15) is 11.3 Å². The van der Waals surface area contributed by atoms with E-state index in [2.05, 4.69) is 29.2 Å². The molecule has 0 aromatic carbocycles. The molecule has 2 unspecified atom stereocenters. The van der Waals surface area contributed by atoms with Crippen molar-refractivity contribution in [3.63, 3.8) is 0 Å². The van der Waals surface area contributed by atoms with E-state index in [9.17, 15) is 0 Å². The molecule has 2 atom stereocenters. The smallest absolute Gasteiger partial charge is 0.00209 e. The third-order valence-electron chi connectivity index (χ3n) is 3.67. The van der Waals surface area contributed by atoms with Crippen LogP contribution in [-0.2, 0) is 6.42 Å². The number of hydrogen-bond acceptors (Lipinski definition) is 2. The highest BCUT2D eigenvalue weighted by molar-refractivity contribution is 7.07. The molecule has 1 N–H and O–H groups in total. The van der Waals surface area contributed by atoms with Gasteiger partial charge in [0.15, 0.2) is 0 Å². The molecule has 1 heterocycles. The van der Waals surface area contributed by atoms with Crippen LogP contribution in [0.5, 0.6) is 0 Å². The van der Waals surface area contributed by atoms with Crippen molar-refractivity contribution in [3.8, 4) is 0 Å². The lowest BCUT2D eigenvalue weighted by molar-refractivity contribution is 0.356. The Morgan fingerprint density at radius 2 is 2.27 bits per heavy atom. The standard InChI is InChI=1S/C13H21NS/c1-14-9-13-4-2-3-12(13)6-5-11-7-8-15-10-11/h7-8,10,12-14H,2-6,9H2,1H3. The predicted molar refractivity (Wildman–Crippen MR) is 67.4 cm³/mol. The Labute approximate surface area is 96.9 Å². The fourth-order valence-electron chi connectivity index (χ4n) is 2.81. The summed E-state index contributed by atoms with van der Waals surface area (Å²) in [6.45, 7) is 1.22. The van der Waals surface area contributed by atoms with Crippen molar-refractivity contribution in [1.82, 2.24) is 5.32 Å². The molecule has 2 heteroatoms. The molecule has 84 valence electrons. The topological polar surface area (TPSA) is 12.0 Å². The normalized spacial score (nSPS) is 25.9. The molecular formula is C13H21NS. The molecule has 1 aliphatic rings. The van der Waals surface area contributed by atoms with Gasteiger partial charge in [-0.1, -0.05) is 12.8 Å². The van der Waals surface area contributed by atoms with Crippen LogP contribution in [0.15, 0.2) is 16.8 Å². The first-order chi connectivity index (χ1) is 7.40. The largest absolute Gasteiger partial charge is 0.319 e. The van der Waals surface area contributed by atoms with Crippen LogP contribution in [0.25, 0.3) is 0 Å². The Balaban J connectivity index is 1.78. The van der Waals surface area contributed by atoms with Crippen LogP contribution in [0.4, 0.5) is 0 Å². The third kappa shape index (κ3) is 3.05. The van der Waals surface area contributed by atoms with Gasteiger partial charge in [-0.15, -0.1) is 0 Å². The predicted octanol–water partition coefficient (Wildman–Crippen LogP) is 3.32. The first-order valence-electron chi connectivity index (χ1n) is 6.06. The molecule has 0 aliphatic heterocycles. The van der Waals surface area contributed by atoms with E-state index in [0.29, 0.717) is 0 Å². The number of hydrogen-bond donors (Lipinski definition) is 1. The average molecular weight is 223 g/mol. The van der Waals surface area contributed by atoms with Crippen molar-refractivity contribution in [2.45, 2.75) is 32.1 Å². The molecule has 1 aliphatic carbocycles. The van der Waals surface area contributed by atoms with Crippen LogP contribution >= 0.6 is 11.3 Å². The second-order valence-electron chi connectivity index (χ2n) is 4.68. The molecule has 1 saturated carbocycles. The average Bonchev–Trinajstić information content (AvgIpc) is 2.85. The Hall–Kier alpha value is -0.340. The Kier molecular flexibility index (Phi) is 4.21. The van der Waals surface area contributed by atoms with Crippen LogP contribution in [0.3, 0.4) is 0 Å². The van der Waals surface area contributed by atoms with Crippen LogP contribution in [0.2, 0.25) is 0 Å². The molecule has 0 radical (unpaired) electrons. The second-order valence-corrected chi connectivity index (χ2v) is 5.46. The summed E-state index contributed by atoms with van der Waals surface area (Å²) < 4.78 is 0. The van der Waals surface area contributed by atoms with Gasteiger partial charge in [0.25, 0.3) is 0 Å². The lowest BCUT2D eigenvalue weighted by Gasteiger charge is -2.18. The molecule has 0 saturated heterocycles. The molecule has 15 heavy (non-hydrogen) atoms. The monoisotopic (exact) mass is 223 g/mol. The number of rotatable bonds is 5. The van der Waals surface area contributed by atoms with E-state index in [1.54, 1.807) is 0 Å². The summed E-state index contributed by atoms with van der Waals surface area (Å²) in [5, 5.41) is 7.82. The first-order valence-corrected chi connectivity index (χ1v) is 7.00. The summed E-state index contributed by atoms with van der Waals surface area (Å²) in [6.07, 6.45) is 7.02. The summed E-state index contributed by atoms with van der Waals surface area (Å²) in [4.78, 5) is 0. The van der Waals surface area contributed by atoms with Gasteiger partial charge in [-0.3, -0.25) is 0 Å². The molecular weight excluding hydrogens is 202 g/mol. The number of nitrogens with one attached hydrogen (secondary N) is 1. The van der Waals surface area contributed by atoms with Crippen molar-refractivity contribution >= 4 is 11.3 Å². The fourth-order valence-corrected chi connectivity index (χ4v) is 3.51. The maximum Gasteiger partial charge on any atom is -0.00209 e. The zero-order chi connectivity index (χ0) is 10.5. The van der Waals surface area contributed by atoms with Crippen molar-refractivity contribution in [3.05, 3.63) is 22.4 Å². The van der Waals surface area contributed by atoms with E-state index >= 15 is 0 Å². The van der Waals surface area contributed by atoms with Crippen LogP contribution in [0.1, 0.15) is 31.2 Å². The molecule has 0 spiro atoms. The van der Waals surface area contributed by atoms with Gasteiger partial charge in [-0.05, 0) is 67.1 Å². The van der Waals surface area contributed by atoms with Crippen molar-refractivity contribution < 1.29 is 0 Å². The summed E-state index contributed by atoms with van der Waals surface area (Å²) in [7, 11) is 2.08. The highest BCUT2D eigenvalue weighted by Crippen LogP contribution is 2.34. The van der Waals surface area contributed by atoms with Gasteiger partial charge < -0.3 is 5.32 Å². The van der Waals surface area contributed by atoms with E-state index in [1.807, 2.05) is 11.3 Å². The van der Waals surface area contributed by atoms with Crippen molar-refractivity contribution in [2.24, 2.45) is 11.8 Å². The molecule has 0 bridgehead atoms. The van der Waals surface area contributed by atoms with E-state index < -0.39 is 0 Å². The fraction of sp³-hybridized carbons (Fsp3) is 0.692. The van der Waals surface area contributed by atoms with E-state index in [-0.39, 0.29) is 0 Å². The van der Waals surface area contributed by atoms with Crippen LogP contribution in [-0.4, -0.2) is 13.6 Å². The van der Waals surface area contributed by atoms with Gasteiger partial charge in [0.05, 0.1) is 0 Å². The zero-order valence-electron chi connectivity index (χ0n) is 9.54. The molecule has 2 rings (SSSR count). The molecule has 1 nitrogen and oxygen atoms in total. The highest BCUT2D eigenvalue weighted by Gasteiger charge is 2.25. The Morgan fingerprint density at radius 1 is 1.40 bits per heavy atom. The summed E-state index contributed by atoms with van der Waals surface area (Å²) in [5.41, 5.74) is 1.54. The number of thiophene rings is 1. The molecule has 1 fully saturated rings. The van der Waals surface area contributed by atoms with E-state index in [0.717, 1.165) is 11.8 Å². The lowest BCUT2D eigenvalue weighted by Crippen LogP contribution is -2.22. The first kappa shape index (κ1) is 11.2. The molecule has 1 aromatic rings. The minimum Gasteiger partial charge on any atom is -0.319 e. The van der Waals surface area contributed by atoms with Crippen molar-refractivity contribution in [2.75, 3.05) is 13.6 Å². The lowest BCUT2D eigenvalue weighted by atomic mass is 9.90. The van der Waals surface area contributed by atoms with Gasteiger partial charge >= 0.3 is 0 Å². The maximum atomic E-state index is 3.33. The highest BCUT2D eigenvalue weighted by atomic mass is 32.1. The summed E-state index contributed by atoms with van der Waals surface area (Å²) in [5.74, 6) is 1.91. The summed E-state index contributed by atoms with van der Waals surface area (Å²) in [6, 6.07) is 2.27. The minimum atomic E-state index is 0.939. The van der Waals surface area contributed by atoms with Gasteiger partial charge in [0.1, 0.15) is 0 Å². The third-order valence-corrected chi connectivity index (χ3v) is 4.40. The quantitative estimate of drug-likeness (QED) is 0.807. The molecule has 0 amide bonds.